The summed E-state index contributed by atoms with van der Waals surface area (Å²) in [5.41, 5.74) is 7.48. The number of carbonyl (C=O) groups excluding carboxylic acids is 1. The Kier molecular flexibility index (Phi) is 4.59. The summed E-state index contributed by atoms with van der Waals surface area (Å²) in [5, 5.41) is 12.8. The smallest absolute Gasteiger partial charge is 0.264 e. The standard InChI is InChI=1S/C21H17F2N5O/c1-10-13(3-2-4-14(10)19(22)23)17-6-11-7-18(26-9-16(11)20(25)27-17)28-21(29)15-5-12(15)8-24/h2-4,6-7,9,12,15,19H,5H2,1H3,(H2,25,27)(H,26,28,29)/t12-,15?/m0/s1. The SMILES string of the molecule is Cc1c(-c2cc3cc(NC(=O)C4C[C@H]4C#N)ncc3c(N)n2)cccc1C(F)F. The van der Waals surface area contributed by atoms with E-state index in [-0.39, 0.29) is 29.1 Å². The summed E-state index contributed by atoms with van der Waals surface area (Å²) in [6, 6.07) is 10.1. The van der Waals surface area contributed by atoms with Gasteiger partial charge < -0.3 is 11.1 Å². The average molecular weight is 393 g/mol. The number of alkyl halides is 2. The number of aromatic nitrogens is 2. The number of nitriles is 1. The summed E-state index contributed by atoms with van der Waals surface area (Å²) in [6.07, 6.45) is -0.524. The molecule has 4 rings (SSSR count). The molecule has 0 spiro atoms. The van der Waals surface area contributed by atoms with Gasteiger partial charge in [-0.2, -0.15) is 5.26 Å². The van der Waals surface area contributed by atoms with Gasteiger partial charge in [0.05, 0.1) is 23.6 Å². The van der Waals surface area contributed by atoms with Gasteiger partial charge in [0, 0.05) is 22.7 Å². The van der Waals surface area contributed by atoms with E-state index in [0.717, 1.165) is 0 Å². The molecule has 3 aromatic rings. The second-order valence-corrected chi connectivity index (χ2v) is 7.07. The Morgan fingerprint density at radius 2 is 2.17 bits per heavy atom. The normalized spacial score (nSPS) is 17.9. The number of amides is 1. The molecule has 2 aromatic heterocycles. The van der Waals surface area contributed by atoms with Crippen molar-refractivity contribution >= 4 is 28.3 Å². The Labute approximate surface area is 165 Å². The summed E-state index contributed by atoms with van der Waals surface area (Å²) in [6.45, 7) is 1.62. The van der Waals surface area contributed by atoms with Crippen molar-refractivity contribution in [2.45, 2.75) is 19.8 Å². The maximum atomic E-state index is 13.2. The number of hydrogen-bond acceptors (Lipinski definition) is 5. The van der Waals surface area contributed by atoms with E-state index in [2.05, 4.69) is 21.4 Å². The van der Waals surface area contributed by atoms with E-state index >= 15 is 0 Å². The first-order valence-electron chi connectivity index (χ1n) is 9.04. The van der Waals surface area contributed by atoms with Gasteiger partial charge in [0.2, 0.25) is 5.91 Å². The van der Waals surface area contributed by atoms with Crippen molar-refractivity contribution < 1.29 is 13.6 Å². The monoisotopic (exact) mass is 393 g/mol. The topological polar surface area (TPSA) is 105 Å². The highest BCUT2D eigenvalue weighted by Crippen LogP contribution is 2.38. The molecule has 0 aliphatic heterocycles. The van der Waals surface area contributed by atoms with Crippen LogP contribution in [-0.4, -0.2) is 15.9 Å². The van der Waals surface area contributed by atoms with Crippen LogP contribution in [0.2, 0.25) is 0 Å². The van der Waals surface area contributed by atoms with Crippen molar-refractivity contribution in [3.8, 4) is 17.3 Å². The number of pyridine rings is 2. The molecule has 0 radical (unpaired) electrons. The highest BCUT2D eigenvalue weighted by Gasteiger charge is 2.43. The van der Waals surface area contributed by atoms with Crippen molar-refractivity contribution in [2.24, 2.45) is 11.8 Å². The fourth-order valence-electron chi connectivity index (χ4n) is 3.39. The third kappa shape index (κ3) is 3.47. The van der Waals surface area contributed by atoms with Crippen LogP contribution in [0.25, 0.3) is 22.0 Å². The zero-order valence-corrected chi connectivity index (χ0v) is 15.5. The maximum absolute atomic E-state index is 13.2. The van der Waals surface area contributed by atoms with Gasteiger partial charge in [-0.05, 0) is 36.4 Å². The van der Waals surface area contributed by atoms with Gasteiger partial charge in [-0.25, -0.2) is 18.7 Å². The van der Waals surface area contributed by atoms with Crippen LogP contribution in [0.15, 0.2) is 36.5 Å². The summed E-state index contributed by atoms with van der Waals surface area (Å²) < 4.78 is 26.5. The van der Waals surface area contributed by atoms with Gasteiger partial charge in [0.1, 0.15) is 11.6 Å². The molecule has 2 heterocycles. The van der Waals surface area contributed by atoms with Gasteiger partial charge in [-0.15, -0.1) is 0 Å². The third-order valence-corrected chi connectivity index (χ3v) is 5.18. The van der Waals surface area contributed by atoms with E-state index in [1.54, 1.807) is 31.2 Å². The van der Waals surface area contributed by atoms with E-state index in [0.29, 0.717) is 39.8 Å². The number of hydrogen-bond donors (Lipinski definition) is 2. The fraction of sp³-hybridized carbons (Fsp3) is 0.238. The number of halogens is 2. The van der Waals surface area contributed by atoms with Crippen molar-refractivity contribution in [1.29, 1.82) is 5.26 Å². The van der Waals surface area contributed by atoms with Gasteiger partial charge in [0.25, 0.3) is 6.43 Å². The third-order valence-electron chi connectivity index (χ3n) is 5.18. The summed E-state index contributed by atoms with van der Waals surface area (Å²) in [4.78, 5) is 20.7. The highest BCUT2D eigenvalue weighted by molar-refractivity contribution is 5.98. The molecule has 1 aliphatic rings. The first-order chi connectivity index (χ1) is 13.9. The van der Waals surface area contributed by atoms with Crippen LogP contribution < -0.4 is 11.1 Å². The number of anilines is 2. The summed E-state index contributed by atoms with van der Waals surface area (Å²) >= 11 is 0. The van der Waals surface area contributed by atoms with E-state index in [1.165, 1.54) is 12.3 Å². The first-order valence-corrected chi connectivity index (χ1v) is 9.04. The minimum absolute atomic E-state index is 0.0536. The van der Waals surface area contributed by atoms with Gasteiger partial charge in [-0.1, -0.05) is 18.2 Å². The maximum Gasteiger partial charge on any atom is 0.264 e. The molecular weight excluding hydrogens is 376 g/mol. The molecule has 0 saturated heterocycles. The average Bonchev–Trinajstić information content (AvgIpc) is 3.47. The summed E-state index contributed by atoms with van der Waals surface area (Å²) in [5.74, 6) is -0.245. The number of carbonyl (C=O) groups is 1. The summed E-state index contributed by atoms with van der Waals surface area (Å²) in [7, 11) is 0. The van der Waals surface area contributed by atoms with E-state index in [4.69, 9.17) is 11.0 Å². The quantitative estimate of drug-likeness (QED) is 0.690. The lowest BCUT2D eigenvalue weighted by molar-refractivity contribution is -0.117. The molecule has 6 nitrogen and oxygen atoms in total. The van der Waals surface area contributed by atoms with Crippen molar-refractivity contribution in [2.75, 3.05) is 11.1 Å². The molecule has 146 valence electrons. The van der Waals surface area contributed by atoms with Crippen LogP contribution in [-0.2, 0) is 4.79 Å². The number of fused-ring (bicyclic) bond motifs is 1. The van der Waals surface area contributed by atoms with Crippen LogP contribution in [0.3, 0.4) is 0 Å². The highest BCUT2D eigenvalue weighted by atomic mass is 19.3. The molecule has 1 aliphatic carbocycles. The molecule has 1 fully saturated rings. The number of benzene rings is 1. The van der Waals surface area contributed by atoms with Crippen LogP contribution in [0.5, 0.6) is 0 Å². The van der Waals surface area contributed by atoms with Gasteiger partial charge >= 0.3 is 0 Å². The number of nitrogens with zero attached hydrogens (tertiary/aromatic N) is 3. The molecule has 3 N–H and O–H groups in total. The van der Waals surface area contributed by atoms with Crippen LogP contribution in [0, 0.1) is 30.1 Å². The molecule has 1 aromatic carbocycles. The molecule has 2 atom stereocenters. The number of rotatable bonds is 4. The zero-order valence-electron chi connectivity index (χ0n) is 15.5. The molecule has 1 unspecified atom stereocenters. The second kappa shape index (κ2) is 7.09. The Balaban J connectivity index is 1.72. The minimum Gasteiger partial charge on any atom is -0.383 e. The van der Waals surface area contributed by atoms with Crippen LogP contribution in [0.4, 0.5) is 20.4 Å². The number of nitrogen functional groups attached to an aromatic ring is 1. The van der Waals surface area contributed by atoms with Crippen molar-refractivity contribution in [3.63, 3.8) is 0 Å². The van der Waals surface area contributed by atoms with Crippen molar-refractivity contribution in [1.82, 2.24) is 9.97 Å². The number of nitrogens with two attached hydrogens (primary N) is 1. The Bertz CT molecular complexity index is 1170. The second-order valence-electron chi connectivity index (χ2n) is 7.07. The molecule has 0 bridgehead atoms. The predicted octanol–water partition coefficient (Wildman–Crippen LogP) is 4.22. The van der Waals surface area contributed by atoms with Gasteiger partial charge in [-0.3, -0.25) is 4.79 Å². The van der Waals surface area contributed by atoms with Crippen LogP contribution >= 0.6 is 0 Å². The molecular formula is C21H17F2N5O. The molecule has 8 heteroatoms. The lowest BCUT2D eigenvalue weighted by Gasteiger charge is -2.12. The Morgan fingerprint density at radius 3 is 2.86 bits per heavy atom. The van der Waals surface area contributed by atoms with E-state index in [1.807, 2.05) is 0 Å². The fourth-order valence-corrected chi connectivity index (χ4v) is 3.39. The molecule has 1 amide bonds. The van der Waals surface area contributed by atoms with Crippen LogP contribution in [0.1, 0.15) is 24.0 Å². The largest absolute Gasteiger partial charge is 0.383 e. The van der Waals surface area contributed by atoms with Gasteiger partial charge in [0.15, 0.2) is 0 Å². The van der Waals surface area contributed by atoms with E-state index < -0.39 is 6.43 Å². The predicted molar refractivity (Wildman–Crippen MR) is 105 cm³/mol. The Morgan fingerprint density at radius 1 is 1.38 bits per heavy atom. The Hall–Kier alpha value is -3.60. The minimum atomic E-state index is -2.58. The lowest BCUT2D eigenvalue weighted by atomic mass is 9.99. The number of nitrogens with one attached hydrogen (secondary N) is 1. The van der Waals surface area contributed by atoms with Crippen molar-refractivity contribution in [3.05, 3.63) is 47.7 Å². The molecule has 29 heavy (non-hydrogen) atoms. The zero-order chi connectivity index (χ0) is 20.7. The van der Waals surface area contributed by atoms with E-state index in [9.17, 15) is 13.6 Å². The molecule has 1 saturated carbocycles. The lowest BCUT2D eigenvalue weighted by Crippen LogP contribution is -2.15. The first kappa shape index (κ1) is 18.7.